The van der Waals surface area contributed by atoms with Crippen LogP contribution < -0.4 is 10.9 Å². The van der Waals surface area contributed by atoms with Gasteiger partial charge in [0.25, 0.3) is 5.56 Å². The highest BCUT2D eigenvalue weighted by molar-refractivity contribution is 9.10. The van der Waals surface area contributed by atoms with Gasteiger partial charge in [0.15, 0.2) is 0 Å². The van der Waals surface area contributed by atoms with Gasteiger partial charge in [0.2, 0.25) is 0 Å². The lowest BCUT2D eigenvalue weighted by molar-refractivity contribution is 0.658. The summed E-state index contributed by atoms with van der Waals surface area (Å²) in [5, 5.41) is 3.26. The number of nitrogens with zero attached hydrogens (tertiary/aromatic N) is 1. The second kappa shape index (κ2) is 7.36. The van der Waals surface area contributed by atoms with E-state index in [4.69, 9.17) is 0 Å². The van der Waals surface area contributed by atoms with Crippen LogP contribution >= 0.6 is 15.9 Å². The second-order valence-electron chi connectivity index (χ2n) is 4.67. The zero-order valence-electron chi connectivity index (χ0n) is 11.4. The third kappa shape index (κ3) is 4.58. The zero-order chi connectivity index (χ0) is 14.4. The Kier molecular flexibility index (Phi) is 5.49. The van der Waals surface area contributed by atoms with Crippen molar-refractivity contribution in [3.63, 3.8) is 0 Å². The molecule has 0 unspecified atom stereocenters. The fraction of sp³-hybridized carbons (Fsp3) is 0.333. The summed E-state index contributed by atoms with van der Waals surface area (Å²) in [5.74, 6) is 0.698. The van der Waals surface area contributed by atoms with E-state index in [1.165, 1.54) is 0 Å². The molecule has 5 heteroatoms. The van der Waals surface area contributed by atoms with E-state index in [0.29, 0.717) is 18.8 Å². The first-order valence-electron chi connectivity index (χ1n) is 6.71. The predicted molar refractivity (Wildman–Crippen MR) is 83.8 cm³/mol. The van der Waals surface area contributed by atoms with Crippen molar-refractivity contribution in [2.24, 2.45) is 0 Å². The van der Waals surface area contributed by atoms with Crippen LogP contribution in [0.1, 0.15) is 30.4 Å². The number of nitrogens with one attached hydrogen (secondary N) is 2. The van der Waals surface area contributed by atoms with Crippen LogP contribution in [0.2, 0.25) is 0 Å². The van der Waals surface area contributed by atoms with Gasteiger partial charge in [-0.3, -0.25) is 4.79 Å². The maximum atomic E-state index is 11.7. The Morgan fingerprint density at radius 2 is 2.20 bits per heavy atom. The molecule has 0 radical (unpaired) electrons. The van der Waals surface area contributed by atoms with E-state index >= 15 is 0 Å². The standard InChI is InChI=1S/C15H18BrN3O/c1-2-6-17-10-13-9-15(20)19-14(18-13)8-11-4-3-5-12(16)7-11/h3-5,7,9,17H,2,6,8,10H2,1H3,(H,18,19,20). The molecule has 2 aromatic rings. The summed E-state index contributed by atoms with van der Waals surface area (Å²) in [6.45, 7) is 3.66. The van der Waals surface area contributed by atoms with Gasteiger partial charge in [0.1, 0.15) is 5.82 Å². The van der Waals surface area contributed by atoms with Crippen LogP contribution in [0.3, 0.4) is 0 Å². The topological polar surface area (TPSA) is 57.8 Å². The minimum atomic E-state index is -0.0988. The number of hydrogen-bond donors (Lipinski definition) is 2. The number of H-pyrrole nitrogens is 1. The van der Waals surface area contributed by atoms with E-state index in [9.17, 15) is 4.79 Å². The third-order valence-electron chi connectivity index (χ3n) is 2.84. The molecular weight excluding hydrogens is 318 g/mol. The molecule has 1 aromatic heterocycles. The van der Waals surface area contributed by atoms with Crippen LogP contribution in [-0.4, -0.2) is 16.5 Å². The lowest BCUT2D eigenvalue weighted by atomic mass is 10.1. The highest BCUT2D eigenvalue weighted by atomic mass is 79.9. The molecule has 0 aliphatic heterocycles. The fourth-order valence-corrected chi connectivity index (χ4v) is 2.42. The van der Waals surface area contributed by atoms with Crippen molar-refractivity contribution in [2.45, 2.75) is 26.3 Å². The highest BCUT2D eigenvalue weighted by Crippen LogP contribution is 2.13. The second-order valence-corrected chi connectivity index (χ2v) is 5.58. The summed E-state index contributed by atoms with van der Waals surface area (Å²) in [6, 6.07) is 9.55. The number of rotatable bonds is 6. The monoisotopic (exact) mass is 335 g/mol. The molecule has 1 heterocycles. The third-order valence-corrected chi connectivity index (χ3v) is 3.33. The van der Waals surface area contributed by atoms with Crippen LogP contribution in [0, 0.1) is 0 Å². The van der Waals surface area contributed by atoms with Crippen LogP contribution in [-0.2, 0) is 13.0 Å². The van der Waals surface area contributed by atoms with Gasteiger partial charge in [-0.1, -0.05) is 35.0 Å². The Morgan fingerprint density at radius 1 is 1.35 bits per heavy atom. The van der Waals surface area contributed by atoms with E-state index in [-0.39, 0.29) is 5.56 Å². The van der Waals surface area contributed by atoms with Crippen molar-refractivity contribution in [2.75, 3.05) is 6.54 Å². The minimum Gasteiger partial charge on any atom is -0.311 e. The molecular formula is C15H18BrN3O. The normalized spacial score (nSPS) is 10.7. The van der Waals surface area contributed by atoms with Crippen LogP contribution in [0.4, 0.5) is 0 Å². The maximum Gasteiger partial charge on any atom is 0.251 e. The van der Waals surface area contributed by atoms with E-state index in [1.807, 2.05) is 24.3 Å². The number of aromatic amines is 1. The largest absolute Gasteiger partial charge is 0.311 e. The average molecular weight is 336 g/mol. The highest BCUT2D eigenvalue weighted by Gasteiger charge is 2.03. The van der Waals surface area contributed by atoms with Crippen LogP contribution in [0.25, 0.3) is 0 Å². The number of hydrogen-bond acceptors (Lipinski definition) is 3. The summed E-state index contributed by atoms with van der Waals surface area (Å²) in [5.41, 5.74) is 1.80. The van der Waals surface area contributed by atoms with Gasteiger partial charge in [-0.25, -0.2) is 4.98 Å². The molecule has 0 bridgehead atoms. The first-order valence-corrected chi connectivity index (χ1v) is 7.51. The van der Waals surface area contributed by atoms with Crippen molar-refractivity contribution in [3.8, 4) is 0 Å². The molecule has 2 rings (SSSR count). The SMILES string of the molecule is CCCNCc1cc(=O)[nH]c(Cc2cccc(Br)c2)n1. The lowest BCUT2D eigenvalue weighted by Crippen LogP contribution is -2.19. The Balaban J connectivity index is 2.13. The number of benzene rings is 1. The predicted octanol–water partition coefficient (Wildman–Crippen LogP) is 2.62. The molecule has 0 atom stereocenters. The molecule has 0 spiro atoms. The average Bonchev–Trinajstić information content (AvgIpc) is 2.38. The van der Waals surface area contributed by atoms with Crippen LogP contribution in [0.5, 0.6) is 0 Å². The van der Waals surface area contributed by atoms with Crippen molar-refractivity contribution in [1.29, 1.82) is 0 Å². The van der Waals surface area contributed by atoms with Gasteiger partial charge < -0.3 is 10.3 Å². The summed E-state index contributed by atoms with van der Waals surface area (Å²) in [6.07, 6.45) is 1.68. The van der Waals surface area contributed by atoms with Gasteiger partial charge >= 0.3 is 0 Å². The zero-order valence-corrected chi connectivity index (χ0v) is 13.0. The van der Waals surface area contributed by atoms with Gasteiger partial charge in [-0.15, -0.1) is 0 Å². The molecule has 0 aliphatic rings. The number of aromatic nitrogens is 2. The van der Waals surface area contributed by atoms with Crippen molar-refractivity contribution in [1.82, 2.24) is 15.3 Å². The Bertz CT molecular complexity index is 625. The molecule has 4 nitrogen and oxygen atoms in total. The summed E-state index contributed by atoms with van der Waals surface area (Å²) >= 11 is 3.44. The molecule has 2 N–H and O–H groups in total. The molecule has 20 heavy (non-hydrogen) atoms. The van der Waals surface area contributed by atoms with Crippen molar-refractivity contribution >= 4 is 15.9 Å². The fourth-order valence-electron chi connectivity index (χ4n) is 1.97. The number of halogens is 1. The Hall–Kier alpha value is -1.46. The van der Waals surface area contributed by atoms with E-state index in [1.54, 1.807) is 6.07 Å². The van der Waals surface area contributed by atoms with Gasteiger partial charge in [-0.05, 0) is 30.7 Å². The van der Waals surface area contributed by atoms with Crippen LogP contribution in [0.15, 0.2) is 39.6 Å². The molecule has 0 saturated carbocycles. The molecule has 0 fully saturated rings. The Labute approximate surface area is 126 Å². The molecule has 0 saturated heterocycles. The Morgan fingerprint density at radius 3 is 2.95 bits per heavy atom. The molecule has 106 valence electrons. The maximum absolute atomic E-state index is 11.7. The smallest absolute Gasteiger partial charge is 0.251 e. The van der Waals surface area contributed by atoms with E-state index in [0.717, 1.165) is 28.7 Å². The van der Waals surface area contributed by atoms with Gasteiger partial charge in [-0.2, -0.15) is 0 Å². The molecule has 1 aromatic carbocycles. The van der Waals surface area contributed by atoms with Gasteiger partial charge in [0.05, 0.1) is 5.69 Å². The summed E-state index contributed by atoms with van der Waals surface area (Å²) in [7, 11) is 0. The van der Waals surface area contributed by atoms with Crippen molar-refractivity contribution < 1.29 is 0 Å². The summed E-state index contributed by atoms with van der Waals surface area (Å²) in [4.78, 5) is 19.0. The van der Waals surface area contributed by atoms with E-state index < -0.39 is 0 Å². The lowest BCUT2D eigenvalue weighted by Gasteiger charge is -2.06. The van der Waals surface area contributed by atoms with E-state index in [2.05, 4.69) is 38.1 Å². The van der Waals surface area contributed by atoms with Gasteiger partial charge in [0, 0.05) is 23.5 Å². The minimum absolute atomic E-state index is 0.0988. The van der Waals surface area contributed by atoms with Crippen molar-refractivity contribution in [3.05, 3.63) is 62.2 Å². The first-order chi connectivity index (χ1) is 9.67. The first kappa shape index (κ1) is 14.9. The molecule has 0 aliphatic carbocycles. The molecule has 0 amide bonds. The summed E-state index contributed by atoms with van der Waals surface area (Å²) < 4.78 is 1.03. The quantitative estimate of drug-likeness (QED) is 0.798.